The van der Waals surface area contributed by atoms with Crippen molar-refractivity contribution in [3.05, 3.63) is 0 Å². The number of carbonyl (C=O) groups is 3. The summed E-state index contributed by atoms with van der Waals surface area (Å²) in [5.41, 5.74) is 0.381. The maximum atomic E-state index is 13.4. The molecule has 4 heteroatoms. The van der Waals surface area contributed by atoms with Gasteiger partial charge in [-0.15, -0.1) is 0 Å². The summed E-state index contributed by atoms with van der Waals surface area (Å²) < 4.78 is 0. The van der Waals surface area contributed by atoms with E-state index in [-0.39, 0.29) is 29.1 Å². The van der Waals surface area contributed by atoms with E-state index in [9.17, 15) is 14.4 Å². The first kappa shape index (κ1) is 21.1. The number of carboxylic acids is 1. The van der Waals surface area contributed by atoms with Gasteiger partial charge in [-0.05, 0) is 85.4 Å². The van der Waals surface area contributed by atoms with Crippen molar-refractivity contribution in [2.75, 3.05) is 0 Å². The third-order valence-electron chi connectivity index (χ3n) is 10.1. The molecule has 4 aliphatic carbocycles. The standard InChI is InChI=1S/C25H38O4/c1-15(5-4-6-22(28)29)18-7-8-19-23-20(10-12-25(18,19)3)24(2)11-9-17(26)13-16(24)14-21(23)27/h15-16,18-20,23H,4-14H2,1-3H3,(H,28,29)/t15-,16+,18-,19+,20+,23+,24+,25-/m1/s1. The number of Topliss-reactive ketones (excluding diaryl/α,β-unsaturated/α-hetero) is 2. The van der Waals surface area contributed by atoms with Gasteiger partial charge in [0.1, 0.15) is 11.6 Å². The molecule has 8 atom stereocenters. The van der Waals surface area contributed by atoms with Crippen LogP contribution in [0, 0.1) is 46.3 Å². The number of hydrogen-bond acceptors (Lipinski definition) is 3. The molecule has 0 spiro atoms. The maximum Gasteiger partial charge on any atom is 0.303 e. The first-order chi connectivity index (χ1) is 13.7. The third-order valence-corrected chi connectivity index (χ3v) is 10.1. The molecule has 29 heavy (non-hydrogen) atoms. The highest BCUT2D eigenvalue weighted by Crippen LogP contribution is 2.67. The van der Waals surface area contributed by atoms with Crippen LogP contribution in [0.1, 0.15) is 91.4 Å². The average Bonchev–Trinajstić information content (AvgIpc) is 3.00. The lowest BCUT2D eigenvalue weighted by molar-refractivity contribution is -0.159. The van der Waals surface area contributed by atoms with Gasteiger partial charge in [-0.25, -0.2) is 0 Å². The van der Waals surface area contributed by atoms with Gasteiger partial charge < -0.3 is 5.11 Å². The minimum Gasteiger partial charge on any atom is -0.481 e. The molecular formula is C25H38O4. The van der Waals surface area contributed by atoms with Gasteiger partial charge in [0.2, 0.25) is 0 Å². The van der Waals surface area contributed by atoms with E-state index in [0.717, 1.165) is 32.1 Å². The SMILES string of the molecule is C[C@H](CCCC(=O)O)[C@H]1CC[C@H]2[C@@H]3C(=O)C[C@@H]4CC(=O)CC[C@]4(C)[C@H]3CC[C@]12C. The van der Waals surface area contributed by atoms with E-state index < -0.39 is 5.97 Å². The highest BCUT2D eigenvalue weighted by Gasteiger charge is 2.62. The highest BCUT2D eigenvalue weighted by molar-refractivity contribution is 5.86. The number of carbonyl (C=O) groups excluding carboxylic acids is 2. The van der Waals surface area contributed by atoms with Crippen molar-refractivity contribution >= 4 is 17.5 Å². The number of fused-ring (bicyclic) bond motifs is 5. The van der Waals surface area contributed by atoms with Gasteiger partial charge in [-0.2, -0.15) is 0 Å². The molecule has 4 aliphatic rings. The lowest BCUT2D eigenvalue weighted by Gasteiger charge is -2.59. The van der Waals surface area contributed by atoms with Crippen LogP contribution in [0.5, 0.6) is 0 Å². The van der Waals surface area contributed by atoms with E-state index in [4.69, 9.17) is 5.11 Å². The van der Waals surface area contributed by atoms with Crippen LogP contribution in [-0.4, -0.2) is 22.6 Å². The second-order valence-electron chi connectivity index (χ2n) is 11.3. The van der Waals surface area contributed by atoms with Crippen LogP contribution in [0.4, 0.5) is 0 Å². The Labute approximate surface area is 175 Å². The zero-order valence-corrected chi connectivity index (χ0v) is 18.4. The Morgan fingerprint density at radius 2 is 1.79 bits per heavy atom. The van der Waals surface area contributed by atoms with Crippen molar-refractivity contribution in [2.24, 2.45) is 46.3 Å². The van der Waals surface area contributed by atoms with E-state index in [2.05, 4.69) is 20.8 Å². The van der Waals surface area contributed by atoms with Crippen LogP contribution in [0.25, 0.3) is 0 Å². The number of ketones is 2. The van der Waals surface area contributed by atoms with E-state index in [0.29, 0.717) is 54.5 Å². The summed E-state index contributed by atoms with van der Waals surface area (Å²) in [5.74, 6) is 2.64. The van der Waals surface area contributed by atoms with Crippen molar-refractivity contribution < 1.29 is 19.5 Å². The van der Waals surface area contributed by atoms with Gasteiger partial charge in [-0.3, -0.25) is 14.4 Å². The van der Waals surface area contributed by atoms with Crippen LogP contribution in [0.2, 0.25) is 0 Å². The topological polar surface area (TPSA) is 71.4 Å². The minimum absolute atomic E-state index is 0.166. The fourth-order valence-corrected chi connectivity index (χ4v) is 8.48. The molecule has 162 valence electrons. The molecular weight excluding hydrogens is 364 g/mol. The molecule has 0 aromatic carbocycles. The fourth-order valence-electron chi connectivity index (χ4n) is 8.48. The average molecular weight is 403 g/mol. The number of aliphatic carboxylic acids is 1. The van der Waals surface area contributed by atoms with Crippen LogP contribution in [-0.2, 0) is 14.4 Å². The normalized spacial score (nSPS) is 45.3. The van der Waals surface area contributed by atoms with Gasteiger partial charge in [0.05, 0.1) is 0 Å². The molecule has 0 aliphatic heterocycles. The van der Waals surface area contributed by atoms with Gasteiger partial charge >= 0.3 is 5.97 Å². The van der Waals surface area contributed by atoms with Crippen LogP contribution < -0.4 is 0 Å². The first-order valence-corrected chi connectivity index (χ1v) is 11.9. The fraction of sp³-hybridized carbons (Fsp3) is 0.880. The second kappa shape index (κ2) is 7.50. The molecule has 0 aromatic rings. The third kappa shape index (κ3) is 3.39. The Kier molecular flexibility index (Phi) is 5.44. The number of rotatable bonds is 5. The molecule has 0 amide bonds. The maximum absolute atomic E-state index is 13.4. The lowest BCUT2D eigenvalue weighted by Crippen LogP contribution is -2.57. The monoisotopic (exact) mass is 402 g/mol. The predicted octanol–water partition coefficient (Wildman–Crippen LogP) is 5.28. The van der Waals surface area contributed by atoms with Gasteiger partial charge in [0.25, 0.3) is 0 Å². The molecule has 0 heterocycles. The first-order valence-electron chi connectivity index (χ1n) is 11.9. The second-order valence-corrected chi connectivity index (χ2v) is 11.3. The van der Waals surface area contributed by atoms with Crippen molar-refractivity contribution in [2.45, 2.75) is 91.4 Å². The van der Waals surface area contributed by atoms with Crippen LogP contribution in [0.3, 0.4) is 0 Å². The summed E-state index contributed by atoms with van der Waals surface area (Å²) in [6.07, 6.45) is 9.57. The zero-order valence-electron chi connectivity index (χ0n) is 18.4. The Balaban J connectivity index is 1.53. The summed E-state index contributed by atoms with van der Waals surface area (Å²) in [7, 11) is 0. The number of hydrogen-bond donors (Lipinski definition) is 1. The van der Waals surface area contributed by atoms with E-state index in [1.165, 1.54) is 12.8 Å². The van der Waals surface area contributed by atoms with Crippen molar-refractivity contribution in [1.82, 2.24) is 0 Å². The summed E-state index contributed by atoms with van der Waals surface area (Å²) in [4.78, 5) is 36.3. The van der Waals surface area contributed by atoms with Crippen molar-refractivity contribution in [3.63, 3.8) is 0 Å². The summed E-state index contributed by atoms with van der Waals surface area (Å²) in [6, 6.07) is 0. The molecule has 4 rings (SSSR count). The van der Waals surface area contributed by atoms with Crippen LogP contribution >= 0.6 is 0 Å². The number of carboxylic acid groups (broad SMARTS) is 1. The largest absolute Gasteiger partial charge is 0.481 e. The molecule has 4 nitrogen and oxygen atoms in total. The van der Waals surface area contributed by atoms with E-state index in [1.807, 2.05) is 0 Å². The van der Waals surface area contributed by atoms with Crippen LogP contribution in [0.15, 0.2) is 0 Å². The molecule has 0 saturated heterocycles. The Bertz CT molecular complexity index is 699. The van der Waals surface area contributed by atoms with Gasteiger partial charge in [0, 0.05) is 31.6 Å². The smallest absolute Gasteiger partial charge is 0.303 e. The quantitative estimate of drug-likeness (QED) is 0.679. The highest BCUT2D eigenvalue weighted by atomic mass is 16.4. The van der Waals surface area contributed by atoms with Crippen molar-refractivity contribution in [1.29, 1.82) is 0 Å². The lowest BCUT2D eigenvalue weighted by atomic mass is 9.44. The Morgan fingerprint density at radius 3 is 2.52 bits per heavy atom. The molecule has 0 unspecified atom stereocenters. The van der Waals surface area contributed by atoms with Crippen molar-refractivity contribution in [3.8, 4) is 0 Å². The predicted molar refractivity (Wildman–Crippen MR) is 111 cm³/mol. The molecule has 0 aromatic heterocycles. The van der Waals surface area contributed by atoms with E-state index >= 15 is 0 Å². The summed E-state index contributed by atoms with van der Waals surface area (Å²) in [6.45, 7) is 7.13. The molecule has 0 bridgehead atoms. The minimum atomic E-state index is -0.699. The van der Waals surface area contributed by atoms with Gasteiger partial charge in [-0.1, -0.05) is 20.8 Å². The molecule has 4 saturated carbocycles. The zero-order chi connectivity index (χ0) is 21.0. The summed E-state index contributed by atoms with van der Waals surface area (Å²) >= 11 is 0. The molecule has 1 N–H and O–H groups in total. The summed E-state index contributed by atoms with van der Waals surface area (Å²) in [5, 5.41) is 8.97. The molecule has 4 fully saturated rings. The molecule has 0 radical (unpaired) electrons. The van der Waals surface area contributed by atoms with E-state index in [1.54, 1.807) is 0 Å². The Morgan fingerprint density at radius 1 is 1.07 bits per heavy atom. The van der Waals surface area contributed by atoms with Gasteiger partial charge in [0.15, 0.2) is 0 Å². The Hall–Kier alpha value is -1.19.